The summed E-state index contributed by atoms with van der Waals surface area (Å²) >= 11 is 0. The summed E-state index contributed by atoms with van der Waals surface area (Å²) < 4.78 is 12.7. The summed E-state index contributed by atoms with van der Waals surface area (Å²) in [5.41, 5.74) is 2.04. The second kappa shape index (κ2) is 4.26. The molecular formula is C12H13FN2. The molecule has 0 saturated heterocycles. The van der Waals surface area contributed by atoms with E-state index in [0.29, 0.717) is 0 Å². The Morgan fingerprint density at radius 2 is 2.00 bits per heavy atom. The maximum Gasteiger partial charge on any atom is 0.137 e. The smallest absolute Gasteiger partial charge is 0.137 e. The molecule has 0 aliphatic heterocycles. The van der Waals surface area contributed by atoms with Crippen molar-refractivity contribution in [2.45, 2.75) is 19.8 Å². The molecule has 1 aromatic carbocycles. The average Bonchev–Trinajstić information content (AvgIpc) is 2.68. The lowest BCUT2D eigenvalue weighted by Crippen LogP contribution is -1.84. The molecule has 78 valence electrons. The first-order valence-corrected chi connectivity index (χ1v) is 5.09. The highest BCUT2D eigenvalue weighted by Crippen LogP contribution is 2.16. The highest BCUT2D eigenvalue weighted by molar-refractivity contribution is 5.54. The molecule has 0 saturated carbocycles. The topological polar surface area (TPSA) is 28.7 Å². The Bertz CT molecular complexity index is 431. The number of nitrogens with zero attached hydrogens (tertiary/aromatic N) is 1. The van der Waals surface area contributed by atoms with Crippen molar-refractivity contribution in [3.63, 3.8) is 0 Å². The Labute approximate surface area is 88.2 Å². The lowest BCUT2D eigenvalue weighted by Gasteiger charge is -1.96. The summed E-state index contributed by atoms with van der Waals surface area (Å²) in [4.78, 5) is 7.47. The highest BCUT2D eigenvalue weighted by Gasteiger charge is 2.02. The Morgan fingerprint density at radius 3 is 2.67 bits per heavy atom. The standard InChI is InChI=1S/C12H13FN2/c1-2-3-11-8-14-12(15-11)9-4-6-10(13)7-5-9/h4-8H,2-3H2,1H3,(H,14,15). The number of aromatic nitrogens is 2. The summed E-state index contributed by atoms with van der Waals surface area (Å²) in [5, 5.41) is 0. The van der Waals surface area contributed by atoms with Crippen molar-refractivity contribution in [1.82, 2.24) is 9.97 Å². The van der Waals surface area contributed by atoms with Crippen LogP contribution in [0.3, 0.4) is 0 Å². The van der Waals surface area contributed by atoms with Gasteiger partial charge in [0.05, 0.1) is 0 Å². The third-order valence-corrected chi connectivity index (χ3v) is 2.27. The summed E-state index contributed by atoms with van der Waals surface area (Å²) in [7, 11) is 0. The Kier molecular flexibility index (Phi) is 2.81. The van der Waals surface area contributed by atoms with Gasteiger partial charge in [-0.3, -0.25) is 0 Å². The molecule has 2 nitrogen and oxygen atoms in total. The zero-order valence-corrected chi connectivity index (χ0v) is 8.63. The fourth-order valence-electron chi connectivity index (χ4n) is 1.51. The van der Waals surface area contributed by atoms with Gasteiger partial charge >= 0.3 is 0 Å². The van der Waals surface area contributed by atoms with Crippen molar-refractivity contribution in [2.24, 2.45) is 0 Å². The Morgan fingerprint density at radius 1 is 1.27 bits per heavy atom. The van der Waals surface area contributed by atoms with E-state index in [4.69, 9.17) is 0 Å². The molecule has 0 radical (unpaired) electrons. The molecule has 1 heterocycles. The van der Waals surface area contributed by atoms with Gasteiger partial charge in [0, 0.05) is 17.5 Å². The van der Waals surface area contributed by atoms with Crippen LogP contribution in [0.5, 0.6) is 0 Å². The van der Waals surface area contributed by atoms with E-state index in [1.165, 1.54) is 12.1 Å². The number of imidazole rings is 1. The fraction of sp³-hybridized carbons (Fsp3) is 0.250. The number of aryl methyl sites for hydroxylation is 1. The molecule has 1 aromatic heterocycles. The number of hydrogen-bond acceptors (Lipinski definition) is 1. The van der Waals surface area contributed by atoms with Crippen molar-refractivity contribution in [3.05, 3.63) is 42.0 Å². The number of nitrogens with one attached hydrogen (secondary N) is 1. The van der Waals surface area contributed by atoms with Crippen molar-refractivity contribution < 1.29 is 4.39 Å². The second-order valence-electron chi connectivity index (χ2n) is 3.51. The third kappa shape index (κ3) is 2.24. The van der Waals surface area contributed by atoms with E-state index in [1.807, 2.05) is 6.20 Å². The number of halogens is 1. The third-order valence-electron chi connectivity index (χ3n) is 2.27. The lowest BCUT2D eigenvalue weighted by atomic mass is 10.2. The molecule has 0 aliphatic rings. The van der Waals surface area contributed by atoms with Gasteiger partial charge < -0.3 is 4.98 Å². The van der Waals surface area contributed by atoms with Gasteiger partial charge in [0.2, 0.25) is 0 Å². The van der Waals surface area contributed by atoms with E-state index in [1.54, 1.807) is 12.1 Å². The normalized spacial score (nSPS) is 10.5. The summed E-state index contributed by atoms with van der Waals surface area (Å²) in [6, 6.07) is 6.34. The number of rotatable bonds is 3. The van der Waals surface area contributed by atoms with Gasteiger partial charge in [-0.25, -0.2) is 9.37 Å². The van der Waals surface area contributed by atoms with Crippen LogP contribution >= 0.6 is 0 Å². The number of H-pyrrole nitrogens is 1. The van der Waals surface area contributed by atoms with Crippen molar-refractivity contribution >= 4 is 0 Å². The van der Waals surface area contributed by atoms with Crippen LogP contribution in [0.25, 0.3) is 11.4 Å². The van der Waals surface area contributed by atoms with Crippen LogP contribution in [0.1, 0.15) is 19.0 Å². The maximum atomic E-state index is 12.7. The van der Waals surface area contributed by atoms with E-state index in [0.717, 1.165) is 29.9 Å². The zero-order chi connectivity index (χ0) is 10.7. The van der Waals surface area contributed by atoms with Crippen LogP contribution in [-0.4, -0.2) is 9.97 Å². The SMILES string of the molecule is CCCc1cnc(-c2ccc(F)cc2)[nH]1. The van der Waals surface area contributed by atoms with Gasteiger partial charge in [0.15, 0.2) is 0 Å². The maximum absolute atomic E-state index is 12.7. The molecule has 2 aromatic rings. The van der Waals surface area contributed by atoms with Gasteiger partial charge in [0.1, 0.15) is 11.6 Å². The number of benzene rings is 1. The van der Waals surface area contributed by atoms with E-state index < -0.39 is 0 Å². The van der Waals surface area contributed by atoms with Crippen LogP contribution in [0.2, 0.25) is 0 Å². The minimum Gasteiger partial charge on any atom is -0.342 e. The molecule has 0 aliphatic carbocycles. The molecule has 0 spiro atoms. The predicted octanol–water partition coefficient (Wildman–Crippen LogP) is 3.17. The second-order valence-corrected chi connectivity index (χ2v) is 3.51. The first-order chi connectivity index (χ1) is 7.29. The minimum atomic E-state index is -0.223. The molecule has 3 heteroatoms. The molecular weight excluding hydrogens is 191 g/mol. The van der Waals surface area contributed by atoms with Gasteiger partial charge in [-0.05, 0) is 30.7 Å². The fourth-order valence-corrected chi connectivity index (χ4v) is 1.51. The van der Waals surface area contributed by atoms with Gasteiger partial charge in [-0.1, -0.05) is 13.3 Å². The summed E-state index contributed by atoms with van der Waals surface area (Å²) in [6.45, 7) is 2.12. The summed E-state index contributed by atoms with van der Waals surface area (Å²) in [6.07, 6.45) is 3.92. The largest absolute Gasteiger partial charge is 0.342 e. The Hall–Kier alpha value is -1.64. The van der Waals surface area contributed by atoms with Crippen LogP contribution in [0.15, 0.2) is 30.5 Å². The van der Waals surface area contributed by atoms with Crippen molar-refractivity contribution in [3.8, 4) is 11.4 Å². The van der Waals surface area contributed by atoms with Gasteiger partial charge in [0.25, 0.3) is 0 Å². The van der Waals surface area contributed by atoms with Gasteiger partial charge in [-0.15, -0.1) is 0 Å². The first kappa shape index (κ1) is 9.90. The van der Waals surface area contributed by atoms with E-state index in [-0.39, 0.29) is 5.82 Å². The average molecular weight is 204 g/mol. The van der Waals surface area contributed by atoms with Crippen LogP contribution < -0.4 is 0 Å². The van der Waals surface area contributed by atoms with Crippen LogP contribution in [-0.2, 0) is 6.42 Å². The minimum absolute atomic E-state index is 0.223. The monoisotopic (exact) mass is 204 g/mol. The molecule has 1 N–H and O–H groups in total. The number of hydrogen-bond donors (Lipinski definition) is 1. The van der Waals surface area contributed by atoms with Crippen molar-refractivity contribution in [2.75, 3.05) is 0 Å². The quantitative estimate of drug-likeness (QED) is 0.817. The van der Waals surface area contributed by atoms with E-state index in [9.17, 15) is 4.39 Å². The Balaban J connectivity index is 2.25. The molecule has 0 amide bonds. The van der Waals surface area contributed by atoms with Gasteiger partial charge in [-0.2, -0.15) is 0 Å². The highest BCUT2D eigenvalue weighted by atomic mass is 19.1. The molecule has 2 rings (SSSR count). The predicted molar refractivity (Wildman–Crippen MR) is 58.0 cm³/mol. The van der Waals surface area contributed by atoms with E-state index in [2.05, 4.69) is 16.9 Å². The summed E-state index contributed by atoms with van der Waals surface area (Å²) in [5.74, 6) is 0.581. The zero-order valence-electron chi connectivity index (χ0n) is 8.63. The number of aromatic amines is 1. The van der Waals surface area contributed by atoms with E-state index >= 15 is 0 Å². The molecule has 0 fully saturated rings. The van der Waals surface area contributed by atoms with Crippen molar-refractivity contribution in [1.29, 1.82) is 0 Å². The lowest BCUT2D eigenvalue weighted by molar-refractivity contribution is 0.628. The molecule has 0 unspecified atom stereocenters. The first-order valence-electron chi connectivity index (χ1n) is 5.09. The molecule has 15 heavy (non-hydrogen) atoms. The molecule has 0 atom stereocenters. The van der Waals surface area contributed by atoms with Crippen LogP contribution in [0.4, 0.5) is 4.39 Å². The van der Waals surface area contributed by atoms with Crippen LogP contribution in [0, 0.1) is 5.82 Å². The molecule has 0 bridgehead atoms.